The number of nitrogens with one attached hydrogen (secondary N) is 2. The molecular formula is C18H30ClN5OS. The zero-order chi connectivity index (χ0) is 19.2. The molecule has 1 aromatic rings. The third kappa shape index (κ3) is 6.45. The molecule has 6 nitrogen and oxygen atoms in total. The minimum atomic E-state index is -0.356. The number of carbonyl (C=O) groups is 1. The summed E-state index contributed by atoms with van der Waals surface area (Å²) in [7, 11) is 1.80. The molecule has 0 radical (unpaired) electrons. The first-order valence-corrected chi connectivity index (χ1v) is 10.2. The van der Waals surface area contributed by atoms with Crippen LogP contribution in [0.2, 0.25) is 4.34 Å². The molecule has 0 saturated carbocycles. The molecule has 1 aliphatic heterocycles. The molecule has 1 saturated heterocycles. The summed E-state index contributed by atoms with van der Waals surface area (Å²) in [5, 5.41) is 6.29. The number of hydrogen-bond donors (Lipinski definition) is 2. The van der Waals surface area contributed by atoms with E-state index in [4.69, 9.17) is 11.6 Å². The van der Waals surface area contributed by atoms with Gasteiger partial charge in [-0.2, -0.15) is 0 Å². The van der Waals surface area contributed by atoms with Crippen LogP contribution < -0.4 is 10.6 Å². The van der Waals surface area contributed by atoms with E-state index in [2.05, 4.69) is 31.5 Å². The van der Waals surface area contributed by atoms with E-state index in [0.29, 0.717) is 13.1 Å². The van der Waals surface area contributed by atoms with Crippen LogP contribution in [0.1, 0.15) is 25.6 Å². The fourth-order valence-corrected chi connectivity index (χ4v) is 3.85. The van der Waals surface area contributed by atoms with Crippen LogP contribution in [0.25, 0.3) is 0 Å². The van der Waals surface area contributed by atoms with Gasteiger partial charge in [0.1, 0.15) is 0 Å². The van der Waals surface area contributed by atoms with E-state index in [0.717, 1.165) is 43.0 Å². The average Bonchev–Trinajstić information content (AvgIpc) is 3.00. The number of rotatable bonds is 5. The van der Waals surface area contributed by atoms with Crippen molar-refractivity contribution in [3.63, 3.8) is 0 Å². The lowest BCUT2D eigenvalue weighted by Crippen LogP contribution is -2.53. The van der Waals surface area contributed by atoms with E-state index in [-0.39, 0.29) is 11.3 Å². The van der Waals surface area contributed by atoms with Gasteiger partial charge in [0, 0.05) is 63.2 Å². The van der Waals surface area contributed by atoms with Gasteiger partial charge in [-0.1, -0.05) is 32.4 Å². The first-order valence-electron chi connectivity index (χ1n) is 9.00. The maximum Gasteiger partial charge on any atom is 0.225 e. The van der Waals surface area contributed by atoms with Crippen LogP contribution >= 0.6 is 22.9 Å². The summed E-state index contributed by atoms with van der Waals surface area (Å²) in [6.07, 6.45) is 0. The van der Waals surface area contributed by atoms with Gasteiger partial charge in [0.25, 0.3) is 0 Å². The summed E-state index contributed by atoms with van der Waals surface area (Å²) in [6.45, 7) is 11.8. The lowest BCUT2D eigenvalue weighted by Gasteiger charge is -2.36. The van der Waals surface area contributed by atoms with Crippen molar-refractivity contribution in [2.24, 2.45) is 10.4 Å². The molecule has 0 bridgehead atoms. The molecule has 8 heteroatoms. The minimum Gasteiger partial charge on any atom is -0.354 e. The summed E-state index contributed by atoms with van der Waals surface area (Å²) in [5.41, 5.74) is -0.356. The van der Waals surface area contributed by atoms with Gasteiger partial charge in [-0.3, -0.25) is 14.7 Å². The second-order valence-electron chi connectivity index (χ2n) is 7.45. The molecule has 0 unspecified atom stereocenters. The second kappa shape index (κ2) is 9.58. The first-order chi connectivity index (χ1) is 12.3. The Morgan fingerprint density at radius 1 is 1.19 bits per heavy atom. The number of halogens is 1. The van der Waals surface area contributed by atoms with Gasteiger partial charge in [-0.05, 0) is 12.1 Å². The number of thiophene rings is 1. The highest BCUT2D eigenvalue weighted by Crippen LogP contribution is 2.23. The summed E-state index contributed by atoms with van der Waals surface area (Å²) in [4.78, 5) is 22.3. The predicted molar refractivity (Wildman–Crippen MR) is 110 cm³/mol. The van der Waals surface area contributed by atoms with E-state index in [1.165, 1.54) is 4.88 Å². The number of hydrogen-bond acceptors (Lipinski definition) is 4. The third-order valence-electron chi connectivity index (χ3n) is 4.27. The van der Waals surface area contributed by atoms with Crippen molar-refractivity contribution in [3.8, 4) is 0 Å². The third-order valence-corrected chi connectivity index (χ3v) is 5.48. The Bertz CT molecular complexity index is 617. The topological polar surface area (TPSA) is 60.0 Å². The van der Waals surface area contributed by atoms with E-state index in [1.54, 1.807) is 18.4 Å². The van der Waals surface area contributed by atoms with Gasteiger partial charge < -0.3 is 15.5 Å². The van der Waals surface area contributed by atoms with Crippen LogP contribution in [0.5, 0.6) is 0 Å². The number of nitrogens with zero attached hydrogens (tertiary/aromatic N) is 3. The molecule has 0 spiro atoms. The Hall–Kier alpha value is -1.31. The molecule has 1 fully saturated rings. The van der Waals surface area contributed by atoms with Gasteiger partial charge >= 0.3 is 0 Å². The maximum absolute atomic E-state index is 11.9. The average molecular weight is 400 g/mol. The number of amides is 1. The van der Waals surface area contributed by atoms with Crippen molar-refractivity contribution in [2.75, 3.05) is 46.3 Å². The SMILES string of the molecule is CN=C(NCCNC(=O)C(C)(C)C)N1CCN(Cc2ccc(Cl)s2)CC1. The molecule has 1 amide bonds. The Labute approximate surface area is 165 Å². The van der Waals surface area contributed by atoms with E-state index < -0.39 is 0 Å². The number of aliphatic imine (C=N–C) groups is 1. The monoisotopic (exact) mass is 399 g/mol. The van der Waals surface area contributed by atoms with Crippen LogP contribution in [0, 0.1) is 5.41 Å². The smallest absolute Gasteiger partial charge is 0.225 e. The molecule has 0 atom stereocenters. The summed E-state index contributed by atoms with van der Waals surface area (Å²) in [5.74, 6) is 0.963. The number of piperazine rings is 1. The Balaban J connectivity index is 1.70. The fraction of sp³-hybridized carbons (Fsp3) is 0.667. The van der Waals surface area contributed by atoms with Gasteiger partial charge in [0.2, 0.25) is 5.91 Å². The summed E-state index contributed by atoms with van der Waals surface area (Å²) in [6, 6.07) is 4.06. The Kier molecular flexibility index (Phi) is 7.73. The lowest BCUT2D eigenvalue weighted by molar-refractivity contribution is -0.128. The molecule has 0 aromatic carbocycles. The molecule has 1 aliphatic rings. The highest BCUT2D eigenvalue weighted by atomic mass is 35.5. The Morgan fingerprint density at radius 2 is 1.85 bits per heavy atom. The Morgan fingerprint density at radius 3 is 2.38 bits per heavy atom. The highest BCUT2D eigenvalue weighted by Gasteiger charge is 2.21. The zero-order valence-electron chi connectivity index (χ0n) is 16.1. The van der Waals surface area contributed by atoms with Crippen molar-refractivity contribution in [2.45, 2.75) is 27.3 Å². The van der Waals surface area contributed by atoms with Crippen LogP contribution in [-0.4, -0.2) is 68.0 Å². The normalized spacial score (nSPS) is 16.7. The van der Waals surface area contributed by atoms with Crippen LogP contribution in [-0.2, 0) is 11.3 Å². The molecular weight excluding hydrogens is 370 g/mol. The van der Waals surface area contributed by atoms with Crippen molar-refractivity contribution in [1.29, 1.82) is 0 Å². The maximum atomic E-state index is 11.9. The predicted octanol–water partition coefficient (Wildman–Crippen LogP) is 2.26. The van der Waals surface area contributed by atoms with Crippen molar-refractivity contribution in [1.82, 2.24) is 20.4 Å². The van der Waals surface area contributed by atoms with Gasteiger partial charge in [-0.15, -0.1) is 11.3 Å². The molecule has 2 rings (SSSR count). The highest BCUT2D eigenvalue weighted by molar-refractivity contribution is 7.16. The zero-order valence-corrected chi connectivity index (χ0v) is 17.7. The largest absolute Gasteiger partial charge is 0.354 e. The number of carbonyl (C=O) groups excluding carboxylic acids is 1. The van der Waals surface area contributed by atoms with E-state index in [1.807, 2.05) is 26.8 Å². The fourth-order valence-electron chi connectivity index (χ4n) is 2.72. The quantitative estimate of drug-likeness (QED) is 0.453. The van der Waals surface area contributed by atoms with Crippen LogP contribution in [0.15, 0.2) is 17.1 Å². The van der Waals surface area contributed by atoms with Crippen molar-refractivity contribution in [3.05, 3.63) is 21.3 Å². The number of guanidine groups is 1. The molecule has 2 N–H and O–H groups in total. The standard InChI is InChI=1S/C18H30ClN5OS/c1-18(2,3)16(25)21-7-8-22-17(20-4)24-11-9-23(10-12-24)13-14-5-6-15(19)26-14/h5-6H,7-13H2,1-4H3,(H,20,22)(H,21,25). The molecule has 2 heterocycles. The van der Waals surface area contributed by atoms with Crippen LogP contribution in [0.3, 0.4) is 0 Å². The molecule has 0 aliphatic carbocycles. The molecule has 26 heavy (non-hydrogen) atoms. The van der Waals surface area contributed by atoms with E-state index in [9.17, 15) is 4.79 Å². The molecule has 1 aromatic heterocycles. The minimum absolute atomic E-state index is 0.0663. The van der Waals surface area contributed by atoms with Crippen molar-refractivity contribution < 1.29 is 4.79 Å². The van der Waals surface area contributed by atoms with Gasteiger partial charge in [0.05, 0.1) is 4.34 Å². The first kappa shape index (κ1) is 21.0. The summed E-state index contributed by atoms with van der Waals surface area (Å²) < 4.78 is 0.849. The second-order valence-corrected chi connectivity index (χ2v) is 9.25. The van der Waals surface area contributed by atoms with Gasteiger partial charge in [-0.25, -0.2) is 0 Å². The van der Waals surface area contributed by atoms with Crippen molar-refractivity contribution >= 4 is 34.8 Å². The molecule has 146 valence electrons. The van der Waals surface area contributed by atoms with Crippen LogP contribution in [0.4, 0.5) is 0 Å². The summed E-state index contributed by atoms with van der Waals surface area (Å²) >= 11 is 7.66. The van der Waals surface area contributed by atoms with E-state index >= 15 is 0 Å². The van der Waals surface area contributed by atoms with Gasteiger partial charge in [0.15, 0.2) is 5.96 Å². The lowest BCUT2D eigenvalue weighted by atomic mass is 9.96.